The van der Waals surface area contributed by atoms with E-state index in [1.165, 1.54) is 9.13 Å². The Morgan fingerprint density at radius 3 is 1.20 bits per heavy atom. The number of nitrogens with zero attached hydrogens (tertiary/aromatic N) is 14. The van der Waals surface area contributed by atoms with Crippen molar-refractivity contribution in [2.24, 2.45) is 0 Å². The second-order valence-corrected chi connectivity index (χ2v) is 35.6. The van der Waals surface area contributed by atoms with Gasteiger partial charge in [-0.2, -0.15) is 0 Å². The first kappa shape index (κ1) is 95.9. The van der Waals surface area contributed by atoms with E-state index in [-0.39, 0.29) is 64.7 Å². The van der Waals surface area contributed by atoms with Crippen LogP contribution in [0, 0.1) is 17.5 Å². The Bertz CT molecular complexity index is 6760. The van der Waals surface area contributed by atoms with E-state index in [0.717, 1.165) is 135 Å². The number of nitrogens with two attached hydrogens (primary N) is 1. The van der Waals surface area contributed by atoms with Crippen molar-refractivity contribution in [2.75, 3.05) is 173 Å². The molecule has 3 aliphatic heterocycles. The van der Waals surface area contributed by atoms with E-state index in [1.54, 1.807) is 82.6 Å². The number of likely N-dealkylation sites (N-methyl/N-ethyl adjacent to an activating group) is 3. The maximum absolute atomic E-state index is 15.2. The molecule has 0 unspecified atom stereocenters. The number of aromatic nitrogens is 12. The molecule has 3 aliphatic rings. The van der Waals surface area contributed by atoms with Crippen LogP contribution in [-0.2, 0) is 38.1 Å². The van der Waals surface area contributed by atoms with Gasteiger partial charge >= 0.3 is 12.2 Å². The summed E-state index contributed by atoms with van der Waals surface area (Å²) in [5.74, 6) is -1.70. The van der Waals surface area contributed by atoms with Crippen LogP contribution in [0.1, 0.15) is 41.5 Å². The number of amides is 3. The van der Waals surface area contributed by atoms with E-state index in [0.29, 0.717) is 91.2 Å². The molecule has 3 fully saturated rings. The van der Waals surface area contributed by atoms with Crippen molar-refractivity contribution in [2.45, 2.75) is 70.9 Å². The summed E-state index contributed by atoms with van der Waals surface area (Å²) in [7, 11) is 11.0. The fraction of sp³-hybridized carbons (Fsp3) is 0.330. The number of hydrogen-bond donors (Lipinski definition) is 10. The Morgan fingerprint density at radius 1 is 0.444 bits per heavy atom. The smallest absolute Gasteiger partial charge is 0.418 e. The van der Waals surface area contributed by atoms with E-state index >= 15 is 8.78 Å². The van der Waals surface area contributed by atoms with Gasteiger partial charge in [-0.25, -0.2) is 52.7 Å². The highest BCUT2D eigenvalue weighted by molar-refractivity contribution is 6.28. The minimum absolute atomic E-state index is 0.0372. The lowest BCUT2D eigenvalue weighted by Gasteiger charge is -2.36. The molecular weight excluding hydrogens is 1750 g/mol. The van der Waals surface area contributed by atoms with Crippen LogP contribution < -0.4 is 32.3 Å². The molecule has 3 amide bonds. The van der Waals surface area contributed by atoms with Gasteiger partial charge in [0.2, 0.25) is 34.9 Å². The molecule has 34 nitrogen and oxygen atoms in total. The van der Waals surface area contributed by atoms with E-state index in [9.17, 15) is 28.4 Å². The summed E-state index contributed by atoms with van der Waals surface area (Å²) in [5, 5.41) is 20.3. The van der Waals surface area contributed by atoms with Crippen molar-refractivity contribution in [1.82, 2.24) is 88.4 Å². The Morgan fingerprint density at radius 2 is 0.807 bits per heavy atom. The van der Waals surface area contributed by atoms with Crippen LogP contribution in [0.25, 0.3) is 99.2 Å². The first-order valence-corrected chi connectivity index (χ1v) is 44.5. The monoisotopic (exact) mass is 1860 g/mol. The van der Waals surface area contributed by atoms with Crippen LogP contribution in [0.2, 0.25) is 5.28 Å². The van der Waals surface area contributed by atoms with Gasteiger partial charge in [-0.05, 0) is 165 Å². The SMILES string of the molecule is CC(C)(C)OC(=O)n1ccc2cc(N)ccc21.COC[C@H](C(=O)Nc1cccc2c(-c3nc(Cl)ncc3F)c[nH]c12)N1CCN(C)CC1.COC[C@H](C(=O)Nc1cccc2c(-c3nc(Nc4ccc5[nH]ccc5c4)ncc3F)c[nH]c12)N1CCN(C)CC1.COC[C@H](C(=O)Nc1cccc2c(-c3nc(Nc4ccc5c(ccn5C(=O)OC(C)(C)C)c4)ncc3F)c[nH]c12)N1CCN(C)CC1. The Labute approximate surface area is 781 Å². The molecule has 18 rings (SSSR count). The van der Waals surface area contributed by atoms with Gasteiger partial charge in [-0.3, -0.25) is 38.2 Å². The summed E-state index contributed by atoms with van der Waals surface area (Å²) in [6, 6.07) is 37.5. The predicted octanol–water partition coefficient (Wildman–Crippen LogP) is 15.3. The molecule has 3 saturated heterocycles. The van der Waals surface area contributed by atoms with Crippen molar-refractivity contribution in [3.05, 3.63) is 206 Å². The van der Waals surface area contributed by atoms with E-state index < -0.39 is 52.9 Å². The normalized spacial score (nSPS) is 15.1. The number of anilines is 8. The molecule has 706 valence electrons. The summed E-state index contributed by atoms with van der Waals surface area (Å²) >= 11 is 5.86. The standard InChI is InChI=1S/C34H39FN8O4.C29H31FN8O2.C21H24ClFN6O2.C13H16N2O2/c1-34(2,3)47-33(45)43-12-11-21-17-22(9-10-27(21)43)38-32-37-19-25(35)29(40-32)24-18-36-30-23(24)7-6-8-26(30)39-31(44)28(20-46-5)42-15-13-41(4)14-16-42;1-37-10-12-38(13-11-37)25(17-40-2)28(39)35-24-5-3-4-20-21(15-32-27(20)24)26-22(30)16-33-29(36-26)34-19-6-7-23-18(14-19)8-9-31-23;1-28-6-8-29(9-7-28)17(12-31-2)20(30)26-16-5-3-4-13-14(10-24-19(13)16)18-15(23)11-25-21(22)27-18;1-13(2,3)17-12(16)15-7-6-9-8-10(14)4-5-11(9)15/h6-12,17-19,28,36H,13-16,20H2,1-5H3,(H,39,44)(H,37,38,40);3-9,14-16,25,31-32H,10-13,17H2,1-2H3,(H,35,39)(H,33,34,36);3-5,10-11,17,24H,6-9,12H2,1-2H3,(H,26,30);4-8H,14H2,1-3H3/t28-;25-;17-;/m111./s1. The summed E-state index contributed by atoms with van der Waals surface area (Å²) < 4.78 is 74.4. The number of piperazine rings is 3. The molecule has 0 spiro atoms. The fourth-order valence-electron chi connectivity index (χ4n) is 16.4. The van der Waals surface area contributed by atoms with E-state index in [2.05, 4.69) is 127 Å². The second-order valence-electron chi connectivity index (χ2n) is 35.3. The average Bonchev–Trinajstić information content (AvgIpc) is 1.65. The molecule has 135 heavy (non-hydrogen) atoms. The molecule has 6 aromatic carbocycles. The number of rotatable bonds is 22. The molecule has 0 saturated carbocycles. The maximum Gasteiger partial charge on any atom is 0.418 e. The first-order chi connectivity index (χ1) is 64.8. The number of carbonyl (C=O) groups is 5. The molecule has 0 aliphatic carbocycles. The number of halogens is 4. The molecule has 0 radical (unpaired) electrons. The Kier molecular flexibility index (Phi) is 30.0. The Balaban J connectivity index is 0.000000144. The lowest BCUT2D eigenvalue weighted by atomic mass is 10.1. The van der Waals surface area contributed by atoms with Crippen LogP contribution in [0.4, 0.5) is 68.8 Å². The minimum Gasteiger partial charge on any atom is -0.443 e. The molecule has 38 heteroatoms. The number of aromatic amines is 4. The zero-order valence-corrected chi connectivity index (χ0v) is 77.8. The number of methoxy groups -OCH3 is 3. The van der Waals surface area contributed by atoms with Crippen molar-refractivity contribution in [3.8, 4) is 33.8 Å². The molecule has 3 atom stereocenters. The number of nitrogen functional groups attached to an aromatic ring is 1. The lowest BCUT2D eigenvalue weighted by Crippen LogP contribution is -2.54. The van der Waals surface area contributed by atoms with Crippen molar-refractivity contribution in [3.63, 3.8) is 0 Å². The summed E-state index contributed by atoms with van der Waals surface area (Å²) in [6.45, 7) is 21.9. The number of benzene rings is 6. The number of nitrogens with one attached hydrogen (secondary N) is 9. The highest BCUT2D eigenvalue weighted by Crippen LogP contribution is 2.39. The van der Waals surface area contributed by atoms with Gasteiger partial charge in [0, 0.05) is 209 Å². The highest BCUT2D eigenvalue weighted by Gasteiger charge is 2.34. The van der Waals surface area contributed by atoms with Crippen LogP contribution in [0.15, 0.2) is 183 Å². The van der Waals surface area contributed by atoms with Crippen LogP contribution in [-0.4, -0.2) is 288 Å². The molecule has 0 bridgehead atoms. The van der Waals surface area contributed by atoms with Crippen LogP contribution in [0.3, 0.4) is 0 Å². The third-order valence-corrected chi connectivity index (χ3v) is 23.5. The zero-order chi connectivity index (χ0) is 95.5. The van der Waals surface area contributed by atoms with Crippen molar-refractivity contribution in [1.29, 1.82) is 0 Å². The van der Waals surface area contributed by atoms with Crippen LogP contribution in [0.5, 0.6) is 0 Å². The first-order valence-electron chi connectivity index (χ1n) is 44.1. The van der Waals surface area contributed by atoms with Gasteiger partial charge in [-0.1, -0.05) is 36.4 Å². The number of fused-ring (bicyclic) bond motifs is 6. The van der Waals surface area contributed by atoms with Crippen molar-refractivity contribution < 1.29 is 60.8 Å². The zero-order valence-electron chi connectivity index (χ0n) is 77.1. The number of hydrogen-bond acceptors (Lipinski definition) is 25. The fourth-order valence-corrected chi connectivity index (χ4v) is 16.5. The summed E-state index contributed by atoms with van der Waals surface area (Å²) in [4.78, 5) is 115. The third-order valence-electron chi connectivity index (χ3n) is 23.4. The van der Waals surface area contributed by atoms with Gasteiger partial charge in [-0.15, -0.1) is 0 Å². The quantitative estimate of drug-likeness (QED) is 0.0222. The molecule has 11 N–H and O–H groups in total. The molecule has 15 aromatic rings. The van der Waals surface area contributed by atoms with Gasteiger partial charge in [0.05, 0.1) is 83.1 Å². The largest absolute Gasteiger partial charge is 0.443 e. The number of carbonyl (C=O) groups excluding carboxylic acids is 5. The number of ether oxygens (including phenoxy) is 5. The van der Waals surface area contributed by atoms with Crippen LogP contribution >= 0.6 is 11.6 Å². The second kappa shape index (κ2) is 42.2. The summed E-state index contributed by atoms with van der Waals surface area (Å²) in [5.41, 5.74) is 15.0. The Hall–Kier alpha value is -13.7. The lowest BCUT2D eigenvalue weighted by molar-refractivity contribution is -0.124. The topological polar surface area (TPSA) is 387 Å². The predicted molar refractivity (Wildman–Crippen MR) is 519 cm³/mol. The van der Waals surface area contributed by atoms with E-state index in [1.807, 2.05) is 145 Å². The molecule has 9 aromatic heterocycles. The van der Waals surface area contributed by atoms with Gasteiger partial charge in [0.25, 0.3) is 0 Å². The number of para-hydroxylation sites is 3. The van der Waals surface area contributed by atoms with Gasteiger partial charge < -0.3 is 90.6 Å². The summed E-state index contributed by atoms with van der Waals surface area (Å²) in [6.07, 6.45) is 12.7. The van der Waals surface area contributed by atoms with Gasteiger partial charge in [0.1, 0.15) is 46.4 Å². The third kappa shape index (κ3) is 23.0. The molecule has 12 heterocycles. The highest BCUT2D eigenvalue weighted by atomic mass is 35.5. The minimum atomic E-state index is -0.620. The van der Waals surface area contributed by atoms with Crippen molar-refractivity contribution >= 4 is 153 Å². The van der Waals surface area contributed by atoms with E-state index in [4.69, 9.17) is 41.0 Å². The number of H-pyrrole nitrogens is 4. The molecular formula is C97H110ClF3N24O10. The van der Waals surface area contributed by atoms with Gasteiger partial charge in [0.15, 0.2) is 17.5 Å². The average molecular weight is 1860 g/mol. The maximum atomic E-state index is 15.2.